The molecule has 0 aliphatic heterocycles. The molecule has 1 aromatic carbocycles. The molecule has 20 heavy (non-hydrogen) atoms. The summed E-state index contributed by atoms with van der Waals surface area (Å²) in [4.78, 5) is 1.33. The predicted octanol–water partition coefficient (Wildman–Crippen LogP) is 4.14. The predicted molar refractivity (Wildman–Crippen MR) is 77.1 cm³/mol. The van der Waals surface area contributed by atoms with Crippen LogP contribution in [-0.2, 0) is 0 Å². The normalized spacial score (nSPS) is 13.3. The minimum absolute atomic E-state index is 0.256. The minimum Gasteiger partial charge on any atom is -0.363 e. The maximum atomic E-state index is 12.5. The van der Waals surface area contributed by atoms with E-state index in [1.54, 1.807) is 19.1 Å². The molecule has 0 aromatic heterocycles. The van der Waals surface area contributed by atoms with E-state index in [2.05, 4.69) is 12.2 Å². The van der Waals surface area contributed by atoms with E-state index >= 15 is 0 Å². The van der Waals surface area contributed by atoms with E-state index in [4.69, 9.17) is 0 Å². The molecule has 0 aliphatic carbocycles. The second-order valence-corrected chi connectivity index (χ2v) is 4.74. The molecule has 114 valence electrons. The van der Waals surface area contributed by atoms with Crippen molar-refractivity contribution in [1.82, 2.24) is 5.32 Å². The van der Waals surface area contributed by atoms with E-state index in [-0.39, 0.29) is 6.04 Å². The van der Waals surface area contributed by atoms with Crippen molar-refractivity contribution >= 4 is 5.69 Å². The van der Waals surface area contributed by atoms with Crippen molar-refractivity contribution in [1.29, 1.82) is 0 Å². The number of hydrogen-bond acceptors (Lipinski definition) is 2. The van der Waals surface area contributed by atoms with E-state index in [0.29, 0.717) is 12.2 Å². The molecule has 0 saturated carbocycles. The number of anilines is 1. The molecular weight excluding hydrogens is 265 g/mol. The third-order valence-electron chi connectivity index (χ3n) is 3.27. The van der Waals surface area contributed by atoms with Gasteiger partial charge in [-0.1, -0.05) is 26.0 Å². The molecule has 0 heterocycles. The lowest BCUT2D eigenvalue weighted by Gasteiger charge is -2.25. The smallest absolute Gasteiger partial charge is 0.363 e. The molecule has 1 aromatic rings. The van der Waals surface area contributed by atoms with Crippen LogP contribution in [0.5, 0.6) is 0 Å². The highest BCUT2D eigenvalue weighted by atomic mass is 19.4. The van der Waals surface area contributed by atoms with Gasteiger partial charge in [0.15, 0.2) is 0 Å². The first-order chi connectivity index (χ1) is 9.41. The SMILES string of the molecule is CCNC(CC)c1ccc(N(CC)CC(F)(F)F)cc1. The molecule has 0 saturated heterocycles. The Labute approximate surface area is 119 Å². The van der Waals surface area contributed by atoms with Gasteiger partial charge in [0.2, 0.25) is 0 Å². The van der Waals surface area contributed by atoms with E-state index in [1.807, 2.05) is 19.1 Å². The van der Waals surface area contributed by atoms with E-state index in [9.17, 15) is 13.2 Å². The summed E-state index contributed by atoms with van der Waals surface area (Å²) in [5.41, 5.74) is 1.72. The number of alkyl halides is 3. The van der Waals surface area contributed by atoms with Gasteiger partial charge in [0, 0.05) is 18.3 Å². The summed E-state index contributed by atoms with van der Waals surface area (Å²) in [5.74, 6) is 0. The maximum Gasteiger partial charge on any atom is 0.405 e. The average Bonchev–Trinajstić information content (AvgIpc) is 2.41. The lowest BCUT2D eigenvalue weighted by molar-refractivity contribution is -0.119. The number of benzene rings is 1. The second-order valence-electron chi connectivity index (χ2n) is 4.74. The third-order valence-corrected chi connectivity index (χ3v) is 3.27. The lowest BCUT2D eigenvalue weighted by atomic mass is 10.0. The van der Waals surface area contributed by atoms with Gasteiger partial charge in [-0.15, -0.1) is 0 Å². The fraction of sp³-hybridized carbons (Fsp3) is 0.600. The number of nitrogens with zero attached hydrogens (tertiary/aromatic N) is 1. The van der Waals surface area contributed by atoms with Crippen molar-refractivity contribution in [3.63, 3.8) is 0 Å². The van der Waals surface area contributed by atoms with E-state index < -0.39 is 12.7 Å². The highest BCUT2D eigenvalue weighted by Crippen LogP contribution is 2.24. The van der Waals surface area contributed by atoms with Gasteiger partial charge in [-0.2, -0.15) is 13.2 Å². The molecule has 1 N–H and O–H groups in total. The summed E-state index contributed by atoms with van der Waals surface area (Å²) in [6, 6.07) is 7.61. The molecular formula is C15H23F3N2. The Kier molecular flexibility index (Phi) is 6.33. The standard InChI is InChI=1S/C15H23F3N2/c1-4-14(19-5-2)12-7-9-13(10-8-12)20(6-3)11-15(16,17)18/h7-10,14,19H,4-6,11H2,1-3H3. The molecule has 0 radical (unpaired) electrons. The van der Waals surface area contributed by atoms with Crippen molar-refractivity contribution in [2.45, 2.75) is 39.4 Å². The summed E-state index contributed by atoms with van der Waals surface area (Å²) in [7, 11) is 0. The first-order valence-electron chi connectivity index (χ1n) is 7.06. The summed E-state index contributed by atoms with van der Waals surface area (Å²) in [5, 5.41) is 3.36. The van der Waals surface area contributed by atoms with Crippen LogP contribution in [0.25, 0.3) is 0 Å². The van der Waals surface area contributed by atoms with Crippen LogP contribution in [0.2, 0.25) is 0 Å². The second kappa shape index (κ2) is 7.53. The summed E-state index contributed by atoms with van der Waals surface area (Å²) >= 11 is 0. The number of hydrogen-bond donors (Lipinski definition) is 1. The van der Waals surface area contributed by atoms with Crippen LogP contribution in [0.4, 0.5) is 18.9 Å². The average molecular weight is 288 g/mol. The van der Waals surface area contributed by atoms with Crippen LogP contribution in [0, 0.1) is 0 Å². The Morgan fingerprint density at radius 3 is 2.10 bits per heavy atom. The van der Waals surface area contributed by atoms with Crippen molar-refractivity contribution < 1.29 is 13.2 Å². The summed E-state index contributed by atoms with van der Waals surface area (Å²) in [6.45, 7) is 6.15. The number of halogens is 3. The van der Waals surface area contributed by atoms with Crippen molar-refractivity contribution in [2.24, 2.45) is 0 Å². The van der Waals surface area contributed by atoms with Crippen molar-refractivity contribution in [3.8, 4) is 0 Å². The summed E-state index contributed by atoms with van der Waals surface area (Å²) < 4.78 is 37.5. The molecule has 5 heteroatoms. The van der Waals surface area contributed by atoms with Gasteiger partial charge >= 0.3 is 6.18 Å². The third kappa shape index (κ3) is 5.04. The zero-order valence-corrected chi connectivity index (χ0v) is 12.3. The molecule has 0 amide bonds. The Morgan fingerprint density at radius 1 is 1.10 bits per heavy atom. The monoisotopic (exact) mass is 288 g/mol. The van der Waals surface area contributed by atoms with Gasteiger partial charge in [0.05, 0.1) is 0 Å². The fourth-order valence-electron chi connectivity index (χ4n) is 2.26. The van der Waals surface area contributed by atoms with Crippen LogP contribution in [0.3, 0.4) is 0 Å². The molecule has 2 nitrogen and oxygen atoms in total. The Morgan fingerprint density at radius 2 is 1.70 bits per heavy atom. The largest absolute Gasteiger partial charge is 0.405 e. The van der Waals surface area contributed by atoms with Gasteiger partial charge in [0.25, 0.3) is 0 Å². The molecule has 0 fully saturated rings. The molecule has 1 rings (SSSR count). The van der Waals surface area contributed by atoms with E-state index in [0.717, 1.165) is 18.5 Å². The lowest BCUT2D eigenvalue weighted by Crippen LogP contribution is -2.34. The fourth-order valence-corrected chi connectivity index (χ4v) is 2.26. The van der Waals surface area contributed by atoms with Crippen LogP contribution in [0.1, 0.15) is 38.8 Å². The van der Waals surface area contributed by atoms with Gasteiger partial charge in [-0.3, -0.25) is 0 Å². The van der Waals surface area contributed by atoms with Gasteiger partial charge in [-0.25, -0.2) is 0 Å². The zero-order chi connectivity index (χ0) is 15.2. The maximum absolute atomic E-state index is 12.5. The Hall–Kier alpha value is -1.23. The first-order valence-corrected chi connectivity index (χ1v) is 7.06. The quantitative estimate of drug-likeness (QED) is 0.811. The molecule has 1 atom stereocenters. The first kappa shape index (κ1) is 16.8. The molecule has 1 unspecified atom stereocenters. The van der Waals surface area contributed by atoms with Gasteiger partial charge in [0.1, 0.15) is 6.54 Å². The molecule has 0 spiro atoms. The van der Waals surface area contributed by atoms with Gasteiger partial charge < -0.3 is 10.2 Å². The highest BCUT2D eigenvalue weighted by molar-refractivity contribution is 5.48. The van der Waals surface area contributed by atoms with E-state index in [1.165, 1.54) is 4.90 Å². The van der Waals surface area contributed by atoms with Crippen molar-refractivity contribution in [3.05, 3.63) is 29.8 Å². The van der Waals surface area contributed by atoms with Crippen LogP contribution < -0.4 is 10.2 Å². The number of rotatable bonds is 7. The van der Waals surface area contributed by atoms with Gasteiger partial charge in [-0.05, 0) is 37.6 Å². The molecule has 0 aliphatic rings. The topological polar surface area (TPSA) is 15.3 Å². The van der Waals surface area contributed by atoms with Crippen LogP contribution >= 0.6 is 0 Å². The minimum atomic E-state index is -4.18. The Bertz CT molecular complexity index is 387. The summed E-state index contributed by atoms with van der Waals surface area (Å²) in [6.07, 6.45) is -3.22. The Balaban J connectivity index is 2.83. The van der Waals surface area contributed by atoms with Crippen LogP contribution in [0.15, 0.2) is 24.3 Å². The number of nitrogens with one attached hydrogen (secondary N) is 1. The highest BCUT2D eigenvalue weighted by Gasteiger charge is 2.30. The zero-order valence-electron chi connectivity index (χ0n) is 12.3. The molecule has 0 bridgehead atoms. The van der Waals surface area contributed by atoms with Crippen LogP contribution in [-0.4, -0.2) is 25.8 Å². The van der Waals surface area contributed by atoms with Crippen molar-refractivity contribution in [2.75, 3.05) is 24.5 Å².